The largest absolute Gasteiger partial charge is 0.439 e. The number of morpholine rings is 1. The summed E-state index contributed by atoms with van der Waals surface area (Å²) >= 11 is 0. The van der Waals surface area contributed by atoms with Crippen LogP contribution in [0.3, 0.4) is 0 Å². The first-order valence-corrected chi connectivity index (χ1v) is 9.26. The summed E-state index contributed by atoms with van der Waals surface area (Å²) in [6.07, 6.45) is -3.22. The molecule has 2 amide bonds. The van der Waals surface area contributed by atoms with E-state index < -0.39 is 35.6 Å². The summed E-state index contributed by atoms with van der Waals surface area (Å²) in [6, 6.07) is 11.7. The Kier molecular flexibility index (Phi) is 5.60. The summed E-state index contributed by atoms with van der Waals surface area (Å²) in [5, 5.41) is 16.5. The molecule has 0 saturated carbocycles. The lowest BCUT2D eigenvalue weighted by atomic mass is 10.1. The van der Waals surface area contributed by atoms with Crippen molar-refractivity contribution in [3.63, 3.8) is 0 Å². The number of aliphatic hydroxyl groups is 1. The molecule has 1 aromatic heterocycles. The van der Waals surface area contributed by atoms with Crippen LogP contribution in [0.15, 0.2) is 57.8 Å². The van der Waals surface area contributed by atoms with Gasteiger partial charge in [0, 0.05) is 23.5 Å². The lowest BCUT2D eigenvalue weighted by molar-refractivity contribution is -0.150. The van der Waals surface area contributed by atoms with E-state index in [0.29, 0.717) is 16.9 Å². The van der Waals surface area contributed by atoms with Gasteiger partial charge in [0.25, 0.3) is 11.8 Å². The van der Waals surface area contributed by atoms with Crippen LogP contribution < -0.4 is 16.0 Å². The second-order valence-corrected chi connectivity index (χ2v) is 6.72. The first-order valence-electron chi connectivity index (χ1n) is 9.26. The number of hydrogen-bond donors (Lipinski definition) is 3. The average molecular weight is 428 g/mol. The molecule has 2 heterocycles. The molecule has 0 radical (unpaired) electrons. The van der Waals surface area contributed by atoms with E-state index in [0.717, 1.165) is 0 Å². The van der Waals surface area contributed by atoms with Crippen LogP contribution in [0.4, 0.5) is 15.8 Å². The molecule has 1 aliphatic heterocycles. The Hall–Kier alpha value is -3.83. The SMILES string of the molecule is O=C(Nc1ccc(-c2noc(=O)[nH]2)cc1)C(O)C1OCCN(c2cccc(F)c2)C1=O. The maximum atomic E-state index is 13.5. The minimum atomic E-state index is -1.78. The molecule has 0 spiro atoms. The van der Waals surface area contributed by atoms with Gasteiger partial charge in [0.05, 0.1) is 6.61 Å². The zero-order valence-electron chi connectivity index (χ0n) is 15.9. The van der Waals surface area contributed by atoms with Gasteiger partial charge in [0.1, 0.15) is 5.82 Å². The summed E-state index contributed by atoms with van der Waals surface area (Å²) in [6.45, 7) is 0.237. The van der Waals surface area contributed by atoms with Crippen LogP contribution in [-0.2, 0) is 14.3 Å². The Bertz CT molecular complexity index is 1160. The number of rotatable bonds is 5. The topological polar surface area (TPSA) is 138 Å². The fourth-order valence-electron chi connectivity index (χ4n) is 3.15. The maximum Gasteiger partial charge on any atom is 0.439 e. The highest BCUT2D eigenvalue weighted by Crippen LogP contribution is 2.22. The van der Waals surface area contributed by atoms with Gasteiger partial charge in [-0.3, -0.25) is 19.1 Å². The fraction of sp³-hybridized carbons (Fsp3) is 0.200. The van der Waals surface area contributed by atoms with Crippen molar-refractivity contribution in [2.75, 3.05) is 23.4 Å². The molecule has 2 atom stereocenters. The number of amides is 2. The number of aromatic amines is 1. The number of halogens is 1. The van der Waals surface area contributed by atoms with Crippen molar-refractivity contribution in [1.82, 2.24) is 10.1 Å². The third-order valence-electron chi connectivity index (χ3n) is 4.66. The standard InChI is InChI=1S/C20H17FN4O6/c21-12-2-1-3-14(10-12)25-8-9-30-16(19(25)28)15(26)18(27)22-13-6-4-11(5-7-13)17-23-20(29)31-24-17/h1-7,10,15-16,26H,8-9H2,(H,22,27)(H,23,24,29). The van der Waals surface area contributed by atoms with Crippen molar-refractivity contribution in [3.8, 4) is 11.4 Å². The predicted octanol–water partition coefficient (Wildman–Crippen LogP) is 0.900. The van der Waals surface area contributed by atoms with Crippen molar-refractivity contribution >= 4 is 23.2 Å². The molecule has 0 bridgehead atoms. The number of nitrogens with one attached hydrogen (secondary N) is 2. The van der Waals surface area contributed by atoms with Gasteiger partial charge in [-0.25, -0.2) is 9.18 Å². The highest BCUT2D eigenvalue weighted by molar-refractivity contribution is 6.03. The number of anilines is 2. The van der Waals surface area contributed by atoms with Crippen LogP contribution in [0.5, 0.6) is 0 Å². The number of aromatic nitrogens is 2. The van der Waals surface area contributed by atoms with Crippen molar-refractivity contribution in [1.29, 1.82) is 0 Å². The molecule has 0 aliphatic carbocycles. The number of hydrogen-bond acceptors (Lipinski definition) is 7. The first-order chi connectivity index (χ1) is 14.9. The van der Waals surface area contributed by atoms with Crippen LogP contribution >= 0.6 is 0 Å². The molecule has 1 fully saturated rings. The summed E-state index contributed by atoms with van der Waals surface area (Å²) in [5.74, 6) is -2.47. The van der Waals surface area contributed by atoms with Gasteiger partial charge < -0.3 is 20.1 Å². The third kappa shape index (κ3) is 4.37. The number of benzene rings is 2. The minimum Gasteiger partial charge on any atom is -0.380 e. The van der Waals surface area contributed by atoms with E-state index >= 15 is 0 Å². The monoisotopic (exact) mass is 428 g/mol. The van der Waals surface area contributed by atoms with Gasteiger partial charge >= 0.3 is 5.76 Å². The quantitative estimate of drug-likeness (QED) is 0.549. The molecule has 31 heavy (non-hydrogen) atoms. The van der Waals surface area contributed by atoms with E-state index in [1.807, 2.05) is 0 Å². The molecule has 2 unspecified atom stereocenters. The molecular formula is C20H17FN4O6. The van der Waals surface area contributed by atoms with Crippen LogP contribution in [0, 0.1) is 5.82 Å². The van der Waals surface area contributed by atoms with Gasteiger partial charge in [0.2, 0.25) is 0 Å². The third-order valence-corrected chi connectivity index (χ3v) is 4.66. The maximum absolute atomic E-state index is 13.5. The Balaban J connectivity index is 1.43. The van der Waals surface area contributed by atoms with E-state index in [9.17, 15) is 23.9 Å². The molecular weight excluding hydrogens is 411 g/mol. The number of aliphatic hydroxyl groups excluding tert-OH is 1. The molecule has 11 heteroatoms. The van der Waals surface area contributed by atoms with E-state index in [4.69, 9.17) is 4.74 Å². The zero-order valence-corrected chi connectivity index (χ0v) is 15.9. The molecule has 3 aromatic rings. The van der Waals surface area contributed by atoms with E-state index in [1.54, 1.807) is 18.2 Å². The molecule has 10 nitrogen and oxygen atoms in total. The smallest absolute Gasteiger partial charge is 0.380 e. The van der Waals surface area contributed by atoms with Crippen LogP contribution in [0.1, 0.15) is 0 Å². The van der Waals surface area contributed by atoms with Gasteiger partial charge in [-0.15, -0.1) is 0 Å². The van der Waals surface area contributed by atoms with Gasteiger partial charge in [-0.2, -0.15) is 0 Å². The first kappa shape index (κ1) is 20.4. The van der Waals surface area contributed by atoms with E-state index in [1.165, 1.54) is 35.2 Å². The van der Waals surface area contributed by atoms with Gasteiger partial charge in [-0.1, -0.05) is 11.2 Å². The summed E-state index contributed by atoms with van der Waals surface area (Å²) in [4.78, 5) is 39.9. The molecule has 3 N–H and O–H groups in total. The van der Waals surface area contributed by atoms with Crippen molar-refractivity contribution in [3.05, 3.63) is 64.9 Å². The fourth-order valence-corrected chi connectivity index (χ4v) is 3.15. The Labute approximate surface area is 174 Å². The molecule has 4 rings (SSSR count). The number of carbonyl (C=O) groups excluding carboxylic acids is 2. The Morgan fingerprint density at radius 1 is 1.26 bits per heavy atom. The minimum absolute atomic E-state index is 0.0713. The lowest BCUT2D eigenvalue weighted by Gasteiger charge is -2.34. The van der Waals surface area contributed by atoms with Gasteiger partial charge in [0.15, 0.2) is 18.0 Å². The number of nitrogens with zero attached hydrogens (tertiary/aromatic N) is 2. The predicted molar refractivity (Wildman–Crippen MR) is 106 cm³/mol. The van der Waals surface area contributed by atoms with Crippen molar-refractivity contribution in [2.45, 2.75) is 12.2 Å². The van der Waals surface area contributed by atoms with Crippen molar-refractivity contribution < 1.29 is 28.3 Å². The average Bonchev–Trinajstić information content (AvgIpc) is 3.20. The summed E-state index contributed by atoms with van der Waals surface area (Å²) in [5.41, 5.74) is 1.19. The molecule has 1 aliphatic rings. The Morgan fingerprint density at radius 3 is 2.71 bits per heavy atom. The summed E-state index contributed by atoms with van der Waals surface area (Å²) in [7, 11) is 0. The van der Waals surface area contributed by atoms with E-state index in [-0.39, 0.29) is 19.0 Å². The molecule has 160 valence electrons. The highest BCUT2D eigenvalue weighted by atomic mass is 19.1. The second-order valence-electron chi connectivity index (χ2n) is 6.72. The van der Waals surface area contributed by atoms with Crippen LogP contribution in [0.2, 0.25) is 0 Å². The van der Waals surface area contributed by atoms with Gasteiger partial charge in [-0.05, 0) is 42.5 Å². The normalized spacial score (nSPS) is 17.4. The molecule has 2 aromatic carbocycles. The second kappa shape index (κ2) is 8.50. The summed E-state index contributed by atoms with van der Waals surface area (Å²) < 4.78 is 23.3. The highest BCUT2D eigenvalue weighted by Gasteiger charge is 2.39. The van der Waals surface area contributed by atoms with E-state index in [2.05, 4.69) is 20.0 Å². The lowest BCUT2D eigenvalue weighted by Crippen LogP contribution is -2.55. The van der Waals surface area contributed by atoms with Crippen LogP contribution in [0.25, 0.3) is 11.4 Å². The molecule has 1 saturated heterocycles. The van der Waals surface area contributed by atoms with Crippen molar-refractivity contribution in [2.24, 2.45) is 0 Å². The number of carbonyl (C=O) groups is 2. The number of H-pyrrole nitrogens is 1. The zero-order chi connectivity index (χ0) is 22.0. The van der Waals surface area contributed by atoms with Crippen LogP contribution in [-0.4, -0.2) is 52.4 Å². The number of ether oxygens (including phenoxy) is 1. The Morgan fingerprint density at radius 2 is 2.03 bits per heavy atom.